The minimum absolute atomic E-state index is 0.204. The number of carbonyl (C=O) groups is 1. The van der Waals surface area contributed by atoms with Gasteiger partial charge in [-0.25, -0.2) is 0 Å². The summed E-state index contributed by atoms with van der Waals surface area (Å²) < 4.78 is 0. The fourth-order valence-corrected chi connectivity index (χ4v) is 3.02. The molecule has 0 aliphatic carbocycles. The predicted molar refractivity (Wildman–Crippen MR) is 89.3 cm³/mol. The van der Waals surface area contributed by atoms with Gasteiger partial charge in [0.2, 0.25) is 5.91 Å². The van der Waals surface area contributed by atoms with Crippen molar-refractivity contribution in [3.8, 4) is 0 Å². The summed E-state index contributed by atoms with van der Waals surface area (Å²) in [6.07, 6.45) is 0.531. The Morgan fingerprint density at radius 3 is 2.57 bits per heavy atom. The Morgan fingerprint density at radius 1 is 1.29 bits per heavy atom. The van der Waals surface area contributed by atoms with Gasteiger partial charge in [0.1, 0.15) is 0 Å². The summed E-state index contributed by atoms with van der Waals surface area (Å²) in [5.74, 6) is 0.408. The van der Waals surface area contributed by atoms with Crippen molar-refractivity contribution in [1.29, 1.82) is 0 Å². The lowest BCUT2D eigenvalue weighted by Gasteiger charge is -2.22. The van der Waals surface area contributed by atoms with Crippen molar-refractivity contribution in [2.75, 3.05) is 12.3 Å². The molecule has 1 aromatic carbocycles. The Bertz CT molecular complexity index is 563. The van der Waals surface area contributed by atoms with E-state index in [-0.39, 0.29) is 11.8 Å². The van der Waals surface area contributed by atoms with Crippen molar-refractivity contribution in [2.45, 2.75) is 32.7 Å². The molecule has 2 aromatic rings. The molecule has 112 valence electrons. The number of thiophene rings is 1. The molecule has 1 amide bonds. The lowest BCUT2D eigenvalue weighted by molar-refractivity contribution is -0.131. The van der Waals surface area contributed by atoms with Gasteiger partial charge in [-0.15, -0.1) is 11.3 Å². The molecule has 0 aliphatic rings. The Labute approximate surface area is 130 Å². The van der Waals surface area contributed by atoms with Gasteiger partial charge in [0.05, 0.1) is 6.54 Å². The molecule has 0 aliphatic heterocycles. The molecular formula is C17H22N2OS. The average molecular weight is 302 g/mol. The zero-order valence-electron chi connectivity index (χ0n) is 12.6. The van der Waals surface area contributed by atoms with E-state index in [0.29, 0.717) is 13.0 Å². The van der Waals surface area contributed by atoms with E-state index in [1.807, 2.05) is 47.5 Å². The highest BCUT2D eigenvalue weighted by molar-refractivity contribution is 7.09. The fraction of sp³-hybridized carbons (Fsp3) is 0.353. The highest BCUT2D eigenvalue weighted by atomic mass is 32.1. The molecule has 1 heterocycles. The number of nitrogens with zero attached hydrogens (tertiary/aromatic N) is 1. The Kier molecular flexibility index (Phi) is 5.39. The van der Waals surface area contributed by atoms with Crippen LogP contribution in [0.25, 0.3) is 0 Å². The summed E-state index contributed by atoms with van der Waals surface area (Å²) in [4.78, 5) is 15.6. The van der Waals surface area contributed by atoms with Crippen LogP contribution in [0.2, 0.25) is 0 Å². The number of rotatable bonds is 6. The molecular weight excluding hydrogens is 280 g/mol. The second-order valence-electron chi connectivity index (χ2n) is 5.26. The molecule has 0 bridgehead atoms. The Morgan fingerprint density at radius 2 is 2.00 bits per heavy atom. The third kappa shape index (κ3) is 4.33. The fourth-order valence-electron chi connectivity index (χ4n) is 2.30. The number of hydrogen-bond acceptors (Lipinski definition) is 3. The predicted octanol–water partition coefficient (Wildman–Crippen LogP) is 3.87. The summed E-state index contributed by atoms with van der Waals surface area (Å²) >= 11 is 1.69. The lowest BCUT2D eigenvalue weighted by atomic mass is 9.97. The van der Waals surface area contributed by atoms with Gasteiger partial charge in [0.25, 0.3) is 0 Å². The zero-order chi connectivity index (χ0) is 15.2. The van der Waals surface area contributed by atoms with E-state index in [0.717, 1.165) is 17.8 Å². The summed E-state index contributed by atoms with van der Waals surface area (Å²) in [6, 6.07) is 11.9. The van der Waals surface area contributed by atoms with Gasteiger partial charge in [-0.05, 0) is 42.0 Å². The van der Waals surface area contributed by atoms with Gasteiger partial charge in [-0.3, -0.25) is 4.79 Å². The third-order valence-corrected chi connectivity index (χ3v) is 4.51. The second-order valence-corrected chi connectivity index (χ2v) is 6.29. The van der Waals surface area contributed by atoms with E-state index in [4.69, 9.17) is 5.73 Å². The van der Waals surface area contributed by atoms with Crippen LogP contribution in [0.3, 0.4) is 0 Å². The molecule has 2 rings (SSSR count). The molecule has 1 atom stereocenters. The number of amides is 1. The van der Waals surface area contributed by atoms with Crippen LogP contribution in [-0.4, -0.2) is 17.4 Å². The normalized spacial score (nSPS) is 12.1. The maximum atomic E-state index is 12.5. The van der Waals surface area contributed by atoms with Gasteiger partial charge < -0.3 is 10.6 Å². The minimum Gasteiger partial charge on any atom is -0.399 e. The average Bonchev–Trinajstić information content (AvgIpc) is 2.98. The molecule has 4 heteroatoms. The smallest absolute Gasteiger partial charge is 0.223 e. The van der Waals surface area contributed by atoms with Crippen LogP contribution in [0.5, 0.6) is 0 Å². The van der Waals surface area contributed by atoms with E-state index < -0.39 is 0 Å². The molecule has 1 aromatic heterocycles. The number of nitrogen functional groups attached to an aromatic ring is 1. The van der Waals surface area contributed by atoms with Gasteiger partial charge in [0.15, 0.2) is 0 Å². The van der Waals surface area contributed by atoms with Crippen molar-refractivity contribution < 1.29 is 4.79 Å². The molecule has 3 nitrogen and oxygen atoms in total. The summed E-state index contributed by atoms with van der Waals surface area (Å²) in [7, 11) is 0. The van der Waals surface area contributed by atoms with Crippen LogP contribution in [0.15, 0.2) is 41.8 Å². The molecule has 0 fully saturated rings. The van der Waals surface area contributed by atoms with Crippen molar-refractivity contribution in [1.82, 2.24) is 4.90 Å². The minimum atomic E-state index is 0.204. The molecule has 21 heavy (non-hydrogen) atoms. The Hall–Kier alpha value is -1.81. The number of nitrogens with two attached hydrogens (primary N) is 1. The SMILES string of the molecule is CCN(Cc1cccs1)C(=O)CC(C)c1ccc(N)cc1. The van der Waals surface area contributed by atoms with Crippen LogP contribution < -0.4 is 5.73 Å². The van der Waals surface area contributed by atoms with Gasteiger partial charge in [0, 0.05) is 23.5 Å². The first kappa shape index (κ1) is 15.6. The van der Waals surface area contributed by atoms with Crippen molar-refractivity contribution in [2.24, 2.45) is 0 Å². The van der Waals surface area contributed by atoms with E-state index in [1.54, 1.807) is 11.3 Å². The molecule has 2 N–H and O–H groups in total. The highest BCUT2D eigenvalue weighted by Crippen LogP contribution is 2.22. The number of benzene rings is 1. The molecule has 0 saturated carbocycles. The molecule has 1 unspecified atom stereocenters. The van der Waals surface area contributed by atoms with Gasteiger partial charge in [-0.2, -0.15) is 0 Å². The number of hydrogen-bond donors (Lipinski definition) is 1. The third-order valence-electron chi connectivity index (χ3n) is 3.65. The first-order valence-corrected chi connectivity index (χ1v) is 8.13. The summed E-state index contributed by atoms with van der Waals surface area (Å²) in [5.41, 5.74) is 7.61. The van der Waals surface area contributed by atoms with Crippen molar-refractivity contribution >= 4 is 22.9 Å². The first-order valence-electron chi connectivity index (χ1n) is 7.25. The standard InChI is InChI=1S/C17H22N2OS/c1-3-19(12-16-5-4-10-21-16)17(20)11-13(2)14-6-8-15(18)9-7-14/h4-10,13H,3,11-12,18H2,1-2H3. The maximum absolute atomic E-state index is 12.5. The monoisotopic (exact) mass is 302 g/mol. The largest absolute Gasteiger partial charge is 0.399 e. The van der Waals surface area contributed by atoms with E-state index >= 15 is 0 Å². The number of anilines is 1. The maximum Gasteiger partial charge on any atom is 0.223 e. The molecule has 0 spiro atoms. The van der Waals surface area contributed by atoms with Crippen LogP contribution in [0, 0.1) is 0 Å². The van der Waals surface area contributed by atoms with Crippen molar-refractivity contribution in [3.05, 3.63) is 52.2 Å². The zero-order valence-corrected chi connectivity index (χ0v) is 13.4. The number of carbonyl (C=O) groups excluding carboxylic acids is 1. The summed E-state index contributed by atoms with van der Waals surface area (Å²) in [6.45, 7) is 5.56. The summed E-state index contributed by atoms with van der Waals surface area (Å²) in [5, 5.41) is 2.05. The van der Waals surface area contributed by atoms with Gasteiger partial charge >= 0.3 is 0 Å². The first-order chi connectivity index (χ1) is 10.1. The van der Waals surface area contributed by atoms with Gasteiger partial charge in [-0.1, -0.05) is 25.1 Å². The van der Waals surface area contributed by atoms with E-state index in [9.17, 15) is 4.79 Å². The topological polar surface area (TPSA) is 46.3 Å². The second kappa shape index (κ2) is 7.27. The quantitative estimate of drug-likeness (QED) is 0.823. The van der Waals surface area contributed by atoms with E-state index in [2.05, 4.69) is 13.0 Å². The van der Waals surface area contributed by atoms with Crippen LogP contribution >= 0.6 is 11.3 Å². The molecule has 0 saturated heterocycles. The highest BCUT2D eigenvalue weighted by Gasteiger charge is 2.17. The van der Waals surface area contributed by atoms with Crippen LogP contribution in [0.1, 0.15) is 36.6 Å². The molecule has 0 radical (unpaired) electrons. The van der Waals surface area contributed by atoms with E-state index in [1.165, 1.54) is 4.88 Å². The van der Waals surface area contributed by atoms with Crippen molar-refractivity contribution in [3.63, 3.8) is 0 Å². The van der Waals surface area contributed by atoms with Crippen LogP contribution in [-0.2, 0) is 11.3 Å². The van der Waals surface area contributed by atoms with Crippen LogP contribution in [0.4, 0.5) is 5.69 Å². The Balaban J connectivity index is 1.96. The lowest BCUT2D eigenvalue weighted by Crippen LogP contribution is -2.30.